The van der Waals surface area contributed by atoms with Crippen molar-refractivity contribution in [3.63, 3.8) is 0 Å². The van der Waals surface area contributed by atoms with Crippen LogP contribution < -0.4 is 0 Å². The number of amides is 1. The molecule has 0 aromatic heterocycles. The van der Waals surface area contributed by atoms with Crippen LogP contribution in [0.15, 0.2) is 59.0 Å². The minimum atomic E-state index is -3.69. The third-order valence-electron chi connectivity index (χ3n) is 5.43. The minimum absolute atomic E-state index is 0.00105. The van der Waals surface area contributed by atoms with Crippen LogP contribution in [0.2, 0.25) is 0 Å². The van der Waals surface area contributed by atoms with Crippen LogP contribution in [0.25, 0.3) is 5.76 Å². The summed E-state index contributed by atoms with van der Waals surface area (Å²) >= 11 is 0. The fourth-order valence-corrected chi connectivity index (χ4v) is 4.49. The van der Waals surface area contributed by atoms with E-state index in [1.54, 1.807) is 20.2 Å². The van der Waals surface area contributed by atoms with E-state index in [2.05, 4.69) is 0 Å². The summed E-state index contributed by atoms with van der Waals surface area (Å²) in [5.41, 5.74) is -0.0180. The van der Waals surface area contributed by atoms with Gasteiger partial charge in [-0.15, -0.1) is 0 Å². The quantitative estimate of drug-likeness (QED) is 0.374. The first-order valence-electron chi connectivity index (χ1n) is 10.2. The Hall–Kier alpha value is -3.08. The summed E-state index contributed by atoms with van der Waals surface area (Å²) in [5.74, 6) is -2.87. The number of hydrogen-bond donors (Lipinski definition) is 1. The van der Waals surface area contributed by atoms with E-state index in [0.717, 1.165) is 4.31 Å². The first-order chi connectivity index (χ1) is 15.5. The van der Waals surface area contributed by atoms with Crippen molar-refractivity contribution in [1.29, 1.82) is 0 Å². The lowest BCUT2D eigenvalue weighted by atomic mass is 9.95. The number of aliphatic hydroxyl groups excluding tert-OH is 1. The Kier molecular flexibility index (Phi) is 7.01. The van der Waals surface area contributed by atoms with E-state index in [4.69, 9.17) is 0 Å². The van der Waals surface area contributed by atoms with Gasteiger partial charge < -0.3 is 14.9 Å². The highest BCUT2D eigenvalue weighted by Gasteiger charge is 2.46. The Morgan fingerprint density at radius 2 is 1.64 bits per heavy atom. The van der Waals surface area contributed by atoms with Gasteiger partial charge in [-0.3, -0.25) is 9.59 Å². The van der Waals surface area contributed by atoms with Gasteiger partial charge in [0.1, 0.15) is 11.6 Å². The van der Waals surface area contributed by atoms with Gasteiger partial charge in [-0.05, 0) is 44.4 Å². The summed E-state index contributed by atoms with van der Waals surface area (Å²) in [5, 5.41) is 11.0. The third-order valence-corrected chi connectivity index (χ3v) is 7.26. The van der Waals surface area contributed by atoms with Crippen molar-refractivity contribution < 1.29 is 27.5 Å². The Bertz CT molecular complexity index is 1210. The fourth-order valence-electron chi connectivity index (χ4n) is 3.59. The van der Waals surface area contributed by atoms with Gasteiger partial charge in [0, 0.05) is 38.3 Å². The molecule has 0 saturated carbocycles. The number of likely N-dealkylation sites (tertiary alicyclic amines) is 1. The summed E-state index contributed by atoms with van der Waals surface area (Å²) < 4.78 is 40.4. The summed E-state index contributed by atoms with van der Waals surface area (Å²) in [6, 6.07) is 9.94. The van der Waals surface area contributed by atoms with E-state index in [1.807, 2.05) is 4.90 Å². The average Bonchev–Trinajstić information content (AvgIpc) is 3.02. The number of nitrogens with zero attached hydrogens (tertiary/aromatic N) is 3. The number of rotatable bonds is 7. The molecule has 1 saturated heterocycles. The van der Waals surface area contributed by atoms with Gasteiger partial charge in [-0.25, -0.2) is 17.1 Å². The van der Waals surface area contributed by atoms with Gasteiger partial charge in [-0.2, -0.15) is 0 Å². The molecule has 33 heavy (non-hydrogen) atoms. The van der Waals surface area contributed by atoms with Crippen LogP contribution in [0.5, 0.6) is 0 Å². The first kappa shape index (κ1) is 24.6. The zero-order valence-corrected chi connectivity index (χ0v) is 19.6. The fraction of sp³-hybridized carbons (Fsp3) is 0.304. The Morgan fingerprint density at radius 1 is 1.03 bits per heavy atom. The van der Waals surface area contributed by atoms with Gasteiger partial charge in [0.05, 0.1) is 16.5 Å². The molecule has 0 spiro atoms. The molecule has 0 bridgehead atoms. The number of ketones is 1. The maximum Gasteiger partial charge on any atom is 0.295 e. The molecule has 1 atom stereocenters. The van der Waals surface area contributed by atoms with Crippen LogP contribution in [0.4, 0.5) is 4.39 Å². The molecule has 0 unspecified atom stereocenters. The van der Waals surface area contributed by atoms with Crippen LogP contribution in [0.3, 0.4) is 0 Å². The second-order valence-corrected chi connectivity index (χ2v) is 10.3. The van der Waals surface area contributed by atoms with Gasteiger partial charge >= 0.3 is 0 Å². The molecule has 2 aromatic rings. The van der Waals surface area contributed by atoms with Crippen molar-refractivity contribution in [2.45, 2.75) is 10.9 Å². The molecular weight excluding hydrogens is 449 g/mol. The number of halogens is 1. The highest BCUT2D eigenvalue weighted by molar-refractivity contribution is 7.89. The van der Waals surface area contributed by atoms with E-state index >= 15 is 0 Å². The predicted octanol–water partition coefficient (Wildman–Crippen LogP) is 2.06. The number of sulfonamides is 1. The topological polar surface area (TPSA) is 98.2 Å². The third kappa shape index (κ3) is 4.68. The Balaban J connectivity index is 2.14. The van der Waals surface area contributed by atoms with E-state index in [9.17, 15) is 27.5 Å². The molecule has 0 aliphatic carbocycles. The molecule has 1 amide bonds. The normalized spacial score (nSPS) is 18.5. The van der Waals surface area contributed by atoms with Crippen molar-refractivity contribution in [2.75, 3.05) is 41.3 Å². The SMILES string of the molecule is CN(C)CCN1C(=O)C(=O)C(=C(O)c2ccc(S(=O)(=O)N(C)C)cc2)[C@H]1c1ccccc1F. The predicted molar refractivity (Wildman–Crippen MR) is 121 cm³/mol. The van der Waals surface area contributed by atoms with Crippen LogP contribution in [-0.4, -0.2) is 80.6 Å². The maximum absolute atomic E-state index is 14.7. The second-order valence-electron chi connectivity index (χ2n) is 8.13. The van der Waals surface area contributed by atoms with E-state index in [0.29, 0.717) is 6.54 Å². The number of hydrogen-bond acceptors (Lipinski definition) is 6. The van der Waals surface area contributed by atoms with Crippen molar-refractivity contribution in [3.8, 4) is 0 Å². The largest absolute Gasteiger partial charge is 0.507 e. The van der Waals surface area contributed by atoms with Gasteiger partial charge in [-0.1, -0.05) is 18.2 Å². The summed E-state index contributed by atoms with van der Waals surface area (Å²) in [4.78, 5) is 28.8. The monoisotopic (exact) mass is 475 g/mol. The summed E-state index contributed by atoms with van der Waals surface area (Å²) in [6.07, 6.45) is 0. The zero-order chi connectivity index (χ0) is 24.5. The Morgan fingerprint density at radius 3 is 2.18 bits per heavy atom. The molecule has 1 fully saturated rings. The molecule has 1 aliphatic heterocycles. The van der Waals surface area contributed by atoms with Gasteiger partial charge in [0.15, 0.2) is 0 Å². The summed E-state index contributed by atoms with van der Waals surface area (Å²) in [6.45, 7) is 0.572. The standard InChI is InChI=1S/C23H26FN3O5S/c1-25(2)13-14-27-20(17-7-5-6-8-18(17)24)19(22(29)23(27)30)21(28)15-9-11-16(12-10-15)33(31,32)26(3)4/h5-12,20,28H,13-14H2,1-4H3/t20-/m1/s1. The highest BCUT2D eigenvalue weighted by atomic mass is 32.2. The van der Waals surface area contributed by atoms with Gasteiger partial charge in [0.25, 0.3) is 11.7 Å². The highest BCUT2D eigenvalue weighted by Crippen LogP contribution is 2.40. The Labute approximate surface area is 192 Å². The van der Waals surface area contributed by atoms with E-state index in [-0.39, 0.29) is 28.1 Å². The van der Waals surface area contributed by atoms with Gasteiger partial charge in [0.2, 0.25) is 10.0 Å². The first-order valence-corrected chi connectivity index (χ1v) is 11.6. The average molecular weight is 476 g/mol. The van der Waals surface area contributed by atoms with Crippen molar-refractivity contribution >= 4 is 27.5 Å². The van der Waals surface area contributed by atoms with Crippen LogP contribution in [-0.2, 0) is 19.6 Å². The van der Waals surface area contributed by atoms with Crippen LogP contribution >= 0.6 is 0 Å². The van der Waals surface area contributed by atoms with Crippen LogP contribution in [0.1, 0.15) is 17.2 Å². The second kappa shape index (κ2) is 9.42. The number of likely N-dealkylation sites (N-methyl/N-ethyl adjacent to an activating group) is 1. The van der Waals surface area contributed by atoms with E-state index in [1.165, 1.54) is 61.5 Å². The summed E-state index contributed by atoms with van der Waals surface area (Å²) in [7, 11) is 2.71. The molecule has 3 rings (SSSR count). The molecule has 10 heteroatoms. The van der Waals surface area contributed by atoms with Crippen LogP contribution in [0, 0.1) is 5.82 Å². The molecule has 2 aromatic carbocycles. The number of benzene rings is 2. The smallest absolute Gasteiger partial charge is 0.295 e. The molecule has 176 valence electrons. The minimum Gasteiger partial charge on any atom is -0.507 e. The van der Waals surface area contributed by atoms with Crippen molar-refractivity contribution in [3.05, 3.63) is 71.0 Å². The van der Waals surface area contributed by atoms with E-state index < -0.39 is 39.3 Å². The molecule has 0 radical (unpaired) electrons. The zero-order valence-electron chi connectivity index (χ0n) is 18.8. The molecule has 1 heterocycles. The van der Waals surface area contributed by atoms with Crippen molar-refractivity contribution in [2.24, 2.45) is 0 Å². The lowest BCUT2D eigenvalue weighted by molar-refractivity contribution is -0.140. The molecular formula is C23H26FN3O5S. The number of Topliss-reactive ketones (excluding diaryl/α,β-unsaturated/α-hetero) is 1. The maximum atomic E-state index is 14.7. The lowest BCUT2D eigenvalue weighted by Crippen LogP contribution is -2.35. The number of aliphatic hydroxyl groups is 1. The number of carbonyl (C=O) groups is 2. The molecule has 1 aliphatic rings. The molecule has 1 N–H and O–H groups in total. The molecule has 8 nitrogen and oxygen atoms in total. The lowest BCUT2D eigenvalue weighted by Gasteiger charge is -2.26. The number of carbonyl (C=O) groups excluding carboxylic acids is 2. The van der Waals surface area contributed by atoms with Crippen molar-refractivity contribution in [1.82, 2.24) is 14.1 Å².